The number of halogens is 1. The molecular weight excluding hydrogens is 314 g/mol. The molecule has 0 heterocycles. The summed E-state index contributed by atoms with van der Waals surface area (Å²) in [5.74, 6) is 0.821. The van der Waals surface area contributed by atoms with Crippen molar-refractivity contribution in [3.8, 4) is 0 Å². The Kier molecular flexibility index (Phi) is 3.41. The van der Waals surface area contributed by atoms with Crippen molar-refractivity contribution >= 4 is 21.6 Å². The van der Waals surface area contributed by atoms with Crippen LogP contribution in [0.3, 0.4) is 0 Å². The van der Waals surface area contributed by atoms with Crippen molar-refractivity contribution in [2.75, 3.05) is 5.73 Å². The van der Waals surface area contributed by atoms with E-state index in [-0.39, 0.29) is 0 Å². The van der Waals surface area contributed by atoms with Gasteiger partial charge in [-0.2, -0.15) is 0 Å². The van der Waals surface area contributed by atoms with Gasteiger partial charge in [0.05, 0.1) is 12.7 Å². The molecule has 0 saturated heterocycles. The van der Waals surface area contributed by atoms with Crippen LogP contribution in [-0.4, -0.2) is 6.10 Å². The van der Waals surface area contributed by atoms with Gasteiger partial charge in [0.1, 0.15) is 0 Å². The van der Waals surface area contributed by atoms with Gasteiger partial charge in [-0.1, -0.05) is 32.9 Å². The molecule has 20 heavy (non-hydrogen) atoms. The van der Waals surface area contributed by atoms with Gasteiger partial charge in [-0.25, -0.2) is 0 Å². The summed E-state index contributed by atoms with van der Waals surface area (Å²) < 4.78 is 7.29. The Bertz CT molecular complexity index is 528. The summed E-state index contributed by atoms with van der Waals surface area (Å²) in [4.78, 5) is 0. The van der Waals surface area contributed by atoms with Crippen molar-refractivity contribution in [2.24, 2.45) is 16.7 Å². The molecule has 2 aliphatic carbocycles. The van der Waals surface area contributed by atoms with Gasteiger partial charge in [-0.15, -0.1) is 0 Å². The zero-order chi connectivity index (χ0) is 14.5. The van der Waals surface area contributed by atoms with Gasteiger partial charge in [0, 0.05) is 10.2 Å². The van der Waals surface area contributed by atoms with E-state index in [1.54, 1.807) is 0 Å². The van der Waals surface area contributed by atoms with E-state index in [1.807, 2.05) is 12.1 Å². The van der Waals surface area contributed by atoms with Crippen molar-refractivity contribution < 1.29 is 4.74 Å². The number of nitrogen functional groups attached to an aromatic ring is 1. The lowest BCUT2D eigenvalue weighted by Crippen LogP contribution is -2.37. The summed E-state index contributed by atoms with van der Waals surface area (Å²) in [6, 6.07) is 5.99. The first-order chi connectivity index (χ1) is 9.36. The highest BCUT2D eigenvalue weighted by molar-refractivity contribution is 9.10. The van der Waals surface area contributed by atoms with Gasteiger partial charge in [0.25, 0.3) is 0 Å². The van der Waals surface area contributed by atoms with Crippen molar-refractivity contribution in [1.82, 2.24) is 0 Å². The lowest BCUT2D eigenvalue weighted by molar-refractivity contribution is -0.0551. The van der Waals surface area contributed by atoms with Crippen molar-refractivity contribution in [3.63, 3.8) is 0 Å². The number of hydrogen-bond acceptors (Lipinski definition) is 2. The topological polar surface area (TPSA) is 35.2 Å². The third-order valence-electron chi connectivity index (χ3n) is 6.26. The summed E-state index contributed by atoms with van der Waals surface area (Å²) in [6.07, 6.45) is 4.26. The van der Waals surface area contributed by atoms with E-state index in [2.05, 4.69) is 42.8 Å². The van der Waals surface area contributed by atoms with Crippen molar-refractivity contribution in [1.29, 1.82) is 0 Å². The van der Waals surface area contributed by atoms with Gasteiger partial charge >= 0.3 is 0 Å². The van der Waals surface area contributed by atoms with Crippen LogP contribution in [0.4, 0.5) is 5.69 Å². The second kappa shape index (κ2) is 4.74. The number of hydrogen-bond donors (Lipinski definition) is 1. The van der Waals surface area contributed by atoms with Crippen LogP contribution >= 0.6 is 15.9 Å². The molecule has 0 amide bonds. The van der Waals surface area contributed by atoms with E-state index < -0.39 is 0 Å². The molecule has 0 spiro atoms. The van der Waals surface area contributed by atoms with Gasteiger partial charge in [0.2, 0.25) is 0 Å². The highest BCUT2D eigenvalue weighted by atomic mass is 79.9. The fourth-order valence-electron chi connectivity index (χ4n) is 4.28. The first-order valence-electron chi connectivity index (χ1n) is 7.51. The maximum absolute atomic E-state index is 6.31. The summed E-state index contributed by atoms with van der Waals surface area (Å²) in [5, 5.41) is 0. The van der Waals surface area contributed by atoms with Gasteiger partial charge < -0.3 is 10.5 Å². The van der Waals surface area contributed by atoms with Crippen LogP contribution in [0.15, 0.2) is 22.7 Å². The average Bonchev–Trinajstić information content (AvgIpc) is 2.73. The van der Waals surface area contributed by atoms with Crippen LogP contribution in [-0.2, 0) is 11.3 Å². The minimum atomic E-state index is 0.324. The zero-order valence-corrected chi connectivity index (χ0v) is 14.2. The molecule has 2 fully saturated rings. The predicted octanol–water partition coefficient (Wildman–Crippen LogP) is 4.76. The fraction of sp³-hybridized carbons (Fsp3) is 0.647. The van der Waals surface area contributed by atoms with E-state index in [4.69, 9.17) is 10.5 Å². The SMILES string of the molecule is CC1(C)C2CCC1(C)C(OCc1cccc(N)c1Br)C2. The van der Waals surface area contributed by atoms with Crippen LogP contribution in [0, 0.1) is 16.7 Å². The molecule has 3 unspecified atom stereocenters. The first kappa shape index (κ1) is 14.4. The highest BCUT2D eigenvalue weighted by Gasteiger charge is 2.61. The summed E-state index contributed by atoms with van der Waals surface area (Å²) in [5.41, 5.74) is 8.59. The molecule has 0 radical (unpaired) electrons. The standard InChI is InChI=1S/C17H24BrNO/c1-16(2)12-7-8-17(16,3)14(9-12)20-10-11-5-4-6-13(19)15(11)18/h4-6,12,14H,7-10,19H2,1-3H3. The molecule has 2 bridgehead atoms. The Morgan fingerprint density at radius 1 is 1.35 bits per heavy atom. The molecule has 2 N–H and O–H groups in total. The molecule has 2 aliphatic rings. The highest BCUT2D eigenvalue weighted by Crippen LogP contribution is 2.66. The molecule has 110 valence electrons. The molecule has 1 aromatic rings. The number of nitrogens with two attached hydrogens (primary N) is 1. The normalized spacial score (nSPS) is 34.6. The van der Waals surface area contributed by atoms with E-state index in [0.717, 1.165) is 21.6 Å². The first-order valence-corrected chi connectivity index (χ1v) is 8.30. The predicted molar refractivity (Wildman–Crippen MR) is 86.4 cm³/mol. The third-order valence-corrected chi connectivity index (χ3v) is 7.23. The Morgan fingerprint density at radius 3 is 2.70 bits per heavy atom. The molecule has 0 aliphatic heterocycles. The number of anilines is 1. The molecule has 0 aromatic heterocycles. The Balaban J connectivity index is 1.73. The molecule has 2 saturated carbocycles. The van der Waals surface area contributed by atoms with Crippen LogP contribution < -0.4 is 5.73 Å². The average molecular weight is 338 g/mol. The van der Waals surface area contributed by atoms with Crippen molar-refractivity contribution in [2.45, 2.75) is 52.7 Å². The van der Waals surface area contributed by atoms with Crippen LogP contribution in [0.25, 0.3) is 0 Å². The zero-order valence-electron chi connectivity index (χ0n) is 12.6. The molecule has 1 aromatic carbocycles. The molecule has 3 atom stereocenters. The maximum atomic E-state index is 6.31. The number of rotatable bonds is 3. The largest absolute Gasteiger partial charge is 0.398 e. The second-order valence-corrected chi connectivity index (χ2v) is 8.02. The Morgan fingerprint density at radius 2 is 2.10 bits per heavy atom. The Hall–Kier alpha value is -0.540. The Labute approximate surface area is 130 Å². The van der Waals surface area contributed by atoms with Crippen LogP contribution in [0.1, 0.15) is 45.6 Å². The quantitative estimate of drug-likeness (QED) is 0.806. The smallest absolute Gasteiger partial charge is 0.0732 e. The lowest BCUT2D eigenvalue weighted by Gasteiger charge is -2.39. The van der Waals surface area contributed by atoms with E-state index >= 15 is 0 Å². The molecule has 3 heteroatoms. The fourth-order valence-corrected chi connectivity index (χ4v) is 4.66. The third kappa shape index (κ3) is 1.93. The lowest BCUT2D eigenvalue weighted by atomic mass is 9.70. The van der Waals surface area contributed by atoms with Gasteiger partial charge in [0.15, 0.2) is 0 Å². The summed E-state index contributed by atoms with van der Waals surface area (Å²) in [7, 11) is 0. The molecule has 3 rings (SSSR count). The van der Waals surface area contributed by atoms with Crippen LogP contribution in [0.5, 0.6) is 0 Å². The van der Waals surface area contributed by atoms with Gasteiger partial charge in [-0.05, 0) is 63.6 Å². The summed E-state index contributed by atoms with van der Waals surface area (Å²) in [6.45, 7) is 7.91. The summed E-state index contributed by atoms with van der Waals surface area (Å²) >= 11 is 3.56. The van der Waals surface area contributed by atoms with Crippen molar-refractivity contribution in [3.05, 3.63) is 28.2 Å². The number of ether oxygens (including phenoxy) is 1. The van der Waals surface area contributed by atoms with E-state index in [1.165, 1.54) is 19.3 Å². The van der Waals surface area contributed by atoms with Gasteiger partial charge in [-0.3, -0.25) is 0 Å². The monoisotopic (exact) mass is 337 g/mol. The minimum absolute atomic E-state index is 0.324. The minimum Gasteiger partial charge on any atom is -0.398 e. The van der Waals surface area contributed by atoms with E-state index in [9.17, 15) is 0 Å². The van der Waals surface area contributed by atoms with E-state index in [0.29, 0.717) is 23.5 Å². The maximum Gasteiger partial charge on any atom is 0.0732 e. The second-order valence-electron chi connectivity index (χ2n) is 7.23. The number of benzene rings is 1. The molecular formula is C17H24BrNO. The van der Waals surface area contributed by atoms with Crippen LogP contribution in [0.2, 0.25) is 0 Å². The number of fused-ring (bicyclic) bond motifs is 2. The molecule has 2 nitrogen and oxygen atoms in total.